The summed E-state index contributed by atoms with van der Waals surface area (Å²) in [6, 6.07) is 9.11. The van der Waals surface area contributed by atoms with Gasteiger partial charge in [0.05, 0.1) is 13.0 Å². The highest BCUT2D eigenvalue weighted by molar-refractivity contribution is 6.30. The quantitative estimate of drug-likeness (QED) is 0.590. The van der Waals surface area contributed by atoms with E-state index in [1.54, 1.807) is 33.8 Å². The first-order valence-corrected chi connectivity index (χ1v) is 9.76. The number of carbonyl (C=O) groups is 1. The van der Waals surface area contributed by atoms with Crippen molar-refractivity contribution in [3.8, 4) is 0 Å². The Labute approximate surface area is 174 Å². The van der Waals surface area contributed by atoms with Crippen molar-refractivity contribution in [3.63, 3.8) is 0 Å². The van der Waals surface area contributed by atoms with Gasteiger partial charge >= 0.3 is 0 Å². The topological polar surface area (TPSA) is 94.9 Å². The van der Waals surface area contributed by atoms with E-state index in [2.05, 4.69) is 10.4 Å². The molecule has 0 aliphatic heterocycles. The van der Waals surface area contributed by atoms with Gasteiger partial charge in [-0.25, -0.2) is 0 Å². The van der Waals surface area contributed by atoms with Crippen molar-refractivity contribution < 1.29 is 4.79 Å². The molecule has 3 N–H and O–H groups in total. The molecule has 0 fully saturated rings. The highest BCUT2D eigenvalue weighted by Crippen LogP contribution is 2.16. The van der Waals surface area contributed by atoms with Crippen molar-refractivity contribution in [3.05, 3.63) is 86.6 Å². The Balaban J connectivity index is 1.67. The first-order chi connectivity index (χ1) is 14.0. The van der Waals surface area contributed by atoms with Gasteiger partial charge in [0.25, 0.3) is 5.56 Å². The Morgan fingerprint density at radius 3 is 2.76 bits per heavy atom. The van der Waals surface area contributed by atoms with E-state index in [-0.39, 0.29) is 17.9 Å². The van der Waals surface area contributed by atoms with E-state index in [1.165, 1.54) is 0 Å². The van der Waals surface area contributed by atoms with E-state index < -0.39 is 0 Å². The van der Waals surface area contributed by atoms with Crippen LogP contribution in [0.3, 0.4) is 0 Å². The zero-order chi connectivity index (χ0) is 20.8. The summed E-state index contributed by atoms with van der Waals surface area (Å²) in [5.41, 5.74) is 8.68. The Kier molecular flexibility index (Phi) is 6.85. The second-order valence-electron chi connectivity index (χ2n) is 6.82. The van der Waals surface area contributed by atoms with Gasteiger partial charge < -0.3 is 15.6 Å². The molecule has 0 atom stereocenters. The van der Waals surface area contributed by atoms with E-state index in [1.807, 2.05) is 31.3 Å². The van der Waals surface area contributed by atoms with E-state index in [4.69, 9.17) is 17.3 Å². The van der Waals surface area contributed by atoms with Crippen molar-refractivity contribution in [1.29, 1.82) is 0 Å². The molecule has 0 aliphatic rings. The second kappa shape index (κ2) is 9.54. The SMILES string of the molecule is Cc1ccn(CCn2cccn2)c(=O)c1CC(=O)NCc1cc(Cl)ccc1CN. The van der Waals surface area contributed by atoms with Gasteiger partial charge in [-0.05, 0) is 47.9 Å². The van der Waals surface area contributed by atoms with Crippen LogP contribution in [0, 0.1) is 6.92 Å². The number of carbonyl (C=O) groups excluding carboxylic acids is 1. The van der Waals surface area contributed by atoms with Crippen LogP contribution in [0.1, 0.15) is 22.3 Å². The largest absolute Gasteiger partial charge is 0.352 e. The lowest BCUT2D eigenvalue weighted by molar-refractivity contribution is -0.120. The summed E-state index contributed by atoms with van der Waals surface area (Å²) in [4.78, 5) is 25.3. The van der Waals surface area contributed by atoms with Crippen molar-refractivity contribution in [2.24, 2.45) is 5.73 Å². The van der Waals surface area contributed by atoms with E-state index >= 15 is 0 Å². The number of halogens is 1. The number of nitrogens with two attached hydrogens (primary N) is 1. The normalized spacial score (nSPS) is 10.9. The summed E-state index contributed by atoms with van der Waals surface area (Å²) in [5, 5.41) is 7.59. The van der Waals surface area contributed by atoms with Crippen LogP contribution in [0.2, 0.25) is 5.02 Å². The molecule has 0 saturated heterocycles. The fraction of sp³-hybridized carbons (Fsp3) is 0.286. The smallest absolute Gasteiger partial charge is 0.254 e. The molecule has 3 rings (SSSR count). The van der Waals surface area contributed by atoms with E-state index in [0.717, 1.165) is 16.7 Å². The van der Waals surface area contributed by atoms with Gasteiger partial charge in [-0.1, -0.05) is 17.7 Å². The van der Waals surface area contributed by atoms with Crippen LogP contribution >= 0.6 is 11.6 Å². The zero-order valence-electron chi connectivity index (χ0n) is 16.3. The highest BCUT2D eigenvalue weighted by atomic mass is 35.5. The standard InChI is InChI=1S/C21H24ClN5O2/c1-15-5-8-26(9-10-27-7-2-6-25-27)21(29)19(15)12-20(28)24-14-17-11-18(22)4-3-16(17)13-23/h2-8,11H,9-10,12-14,23H2,1H3,(H,24,28). The van der Waals surface area contributed by atoms with Gasteiger partial charge in [0.15, 0.2) is 0 Å². The average Bonchev–Trinajstić information content (AvgIpc) is 3.22. The number of pyridine rings is 1. The van der Waals surface area contributed by atoms with Crippen LogP contribution < -0.4 is 16.6 Å². The summed E-state index contributed by atoms with van der Waals surface area (Å²) < 4.78 is 3.37. The molecule has 3 aromatic rings. The molecular weight excluding hydrogens is 390 g/mol. The van der Waals surface area contributed by atoms with Crippen LogP contribution in [-0.4, -0.2) is 20.3 Å². The number of hydrogen-bond donors (Lipinski definition) is 2. The lowest BCUT2D eigenvalue weighted by atomic mass is 10.1. The van der Waals surface area contributed by atoms with Gasteiger partial charge in [0.1, 0.15) is 0 Å². The van der Waals surface area contributed by atoms with Crippen LogP contribution in [0.5, 0.6) is 0 Å². The van der Waals surface area contributed by atoms with E-state index in [0.29, 0.717) is 36.8 Å². The number of rotatable bonds is 8. The average molecular weight is 414 g/mol. The molecule has 2 heterocycles. The maximum atomic E-state index is 12.8. The second-order valence-corrected chi connectivity index (χ2v) is 7.25. The zero-order valence-corrected chi connectivity index (χ0v) is 17.0. The molecule has 0 aliphatic carbocycles. The summed E-state index contributed by atoms with van der Waals surface area (Å²) >= 11 is 6.04. The summed E-state index contributed by atoms with van der Waals surface area (Å²) in [7, 11) is 0. The number of nitrogens with one attached hydrogen (secondary N) is 1. The Morgan fingerprint density at radius 2 is 2.03 bits per heavy atom. The van der Waals surface area contributed by atoms with Gasteiger partial charge in [-0.3, -0.25) is 14.3 Å². The van der Waals surface area contributed by atoms with Gasteiger partial charge in [-0.15, -0.1) is 0 Å². The Bertz CT molecular complexity index is 1040. The third kappa shape index (κ3) is 5.34. The Morgan fingerprint density at radius 1 is 1.21 bits per heavy atom. The maximum Gasteiger partial charge on any atom is 0.254 e. The number of amides is 1. The molecule has 0 radical (unpaired) electrons. The first kappa shape index (κ1) is 20.8. The monoisotopic (exact) mass is 413 g/mol. The van der Waals surface area contributed by atoms with Crippen LogP contribution in [0.25, 0.3) is 0 Å². The maximum absolute atomic E-state index is 12.8. The number of aryl methyl sites for hydroxylation is 3. The fourth-order valence-corrected chi connectivity index (χ4v) is 3.32. The van der Waals surface area contributed by atoms with Gasteiger partial charge in [-0.2, -0.15) is 5.10 Å². The third-order valence-corrected chi connectivity index (χ3v) is 5.07. The molecule has 1 aromatic carbocycles. The summed E-state index contributed by atoms with van der Waals surface area (Å²) in [5.74, 6) is -0.224. The molecule has 0 bridgehead atoms. The molecule has 1 amide bonds. The first-order valence-electron chi connectivity index (χ1n) is 9.38. The molecule has 0 spiro atoms. The lowest BCUT2D eigenvalue weighted by Gasteiger charge is -2.12. The number of benzene rings is 1. The summed E-state index contributed by atoms with van der Waals surface area (Å²) in [6.45, 7) is 3.58. The van der Waals surface area contributed by atoms with Crippen molar-refractivity contribution in [1.82, 2.24) is 19.7 Å². The van der Waals surface area contributed by atoms with Crippen molar-refractivity contribution >= 4 is 17.5 Å². The minimum atomic E-state index is -0.224. The van der Waals surface area contributed by atoms with Crippen LogP contribution in [0.4, 0.5) is 0 Å². The number of nitrogens with zero attached hydrogens (tertiary/aromatic N) is 3. The summed E-state index contributed by atoms with van der Waals surface area (Å²) in [6.07, 6.45) is 5.32. The molecule has 152 valence electrons. The van der Waals surface area contributed by atoms with Crippen LogP contribution in [-0.2, 0) is 37.4 Å². The lowest BCUT2D eigenvalue weighted by Crippen LogP contribution is -2.31. The van der Waals surface area contributed by atoms with Crippen molar-refractivity contribution in [2.75, 3.05) is 0 Å². The van der Waals surface area contributed by atoms with Gasteiger partial charge in [0.2, 0.25) is 5.91 Å². The molecule has 29 heavy (non-hydrogen) atoms. The molecule has 2 aromatic heterocycles. The number of aromatic nitrogens is 3. The van der Waals surface area contributed by atoms with Crippen LogP contribution in [0.15, 0.2) is 53.7 Å². The Hall–Kier alpha value is -2.90. The fourth-order valence-electron chi connectivity index (χ4n) is 3.12. The van der Waals surface area contributed by atoms with E-state index in [9.17, 15) is 9.59 Å². The predicted octanol–water partition coefficient (Wildman–Crippen LogP) is 2.02. The molecule has 8 heteroatoms. The third-order valence-electron chi connectivity index (χ3n) is 4.83. The highest BCUT2D eigenvalue weighted by Gasteiger charge is 2.13. The molecule has 0 unspecified atom stereocenters. The van der Waals surface area contributed by atoms with Gasteiger partial charge in [0, 0.05) is 48.8 Å². The number of hydrogen-bond acceptors (Lipinski definition) is 4. The molecular formula is C21H24ClN5O2. The minimum Gasteiger partial charge on any atom is -0.352 e. The molecule has 7 nitrogen and oxygen atoms in total. The minimum absolute atomic E-state index is 0.0196. The van der Waals surface area contributed by atoms with Crippen molar-refractivity contribution in [2.45, 2.75) is 39.5 Å². The molecule has 0 saturated carbocycles. The predicted molar refractivity (Wildman–Crippen MR) is 113 cm³/mol.